The first-order valence-corrected chi connectivity index (χ1v) is 9.59. The fourth-order valence-electron chi connectivity index (χ4n) is 3.87. The zero-order valence-corrected chi connectivity index (χ0v) is 13.9. The van der Waals surface area contributed by atoms with E-state index in [0.29, 0.717) is 35.9 Å². The van der Waals surface area contributed by atoms with Gasteiger partial charge < -0.3 is 15.0 Å². The summed E-state index contributed by atoms with van der Waals surface area (Å²) in [6, 6.07) is 1.74. The third-order valence-corrected chi connectivity index (χ3v) is 6.25. The summed E-state index contributed by atoms with van der Waals surface area (Å²) < 4.78 is 5.72. The van der Waals surface area contributed by atoms with Gasteiger partial charge in [-0.05, 0) is 44.9 Å². The first-order valence-electron chi connectivity index (χ1n) is 8.43. The normalized spacial score (nSPS) is 35.7. The van der Waals surface area contributed by atoms with Gasteiger partial charge in [0.1, 0.15) is 0 Å². The van der Waals surface area contributed by atoms with Gasteiger partial charge in [-0.1, -0.05) is 0 Å². The van der Waals surface area contributed by atoms with Crippen LogP contribution in [0.5, 0.6) is 0 Å². The highest BCUT2D eigenvalue weighted by atomic mass is 32.2. The summed E-state index contributed by atoms with van der Waals surface area (Å²) >= 11 is 1.75. The molecule has 3 aliphatic heterocycles. The summed E-state index contributed by atoms with van der Waals surface area (Å²) in [4.78, 5) is 14.4. The molecule has 3 fully saturated rings. The van der Waals surface area contributed by atoms with Crippen molar-refractivity contribution in [2.24, 2.45) is 0 Å². The fourth-order valence-corrected chi connectivity index (χ4v) is 4.89. The molecular weight excluding hydrogens is 284 g/mol. The Kier molecular flexibility index (Phi) is 5.46. The summed E-state index contributed by atoms with van der Waals surface area (Å²) in [5.41, 5.74) is 0. The van der Waals surface area contributed by atoms with Crippen LogP contribution in [0.2, 0.25) is 0 Å². The maximum atomic E-state index is 12.4. The molecule has 0 radical (unpaired) electrons. The number of carbonyl (C=O) groups excluding carboxylic acids is 1. The Morgan fingerprint density at radius 3 is 2.67 bits per heavy atom. The summed E-state index contributed by atoms with van der Waals surface area (Å²) in [6.45, 7) is 0.900. The summed E-state index contributed by atoms with van der Waals surface area (Å²) in [5.74, 6) is 1.87. The van der Waals surface area contributed by atoms with Crippen molar-refractivity contribution in [1.82, 2.24) is 10.2 Å². The SMILES string of the molecule is CN(C(=O)CSCC1CCCCO1)C1CC2CCC(C1)N2. The number of rotatable bonds is 5. The fraction of sp³-hybridized carbons (Fsp3) is 0.938. The van der Waals surface area contributed by atoms with Crippen LogP contribution in [0.15, 0.2) is 0 Å². The van der Waals surface area contributed by atoms with E-state index in [9.17, 15) is 4.79 Å². The number of nitrogens with one attached hydrogen (secondary N) is 1. The van der Waals surface area contributed by atoms with Crippen LogP contribution in [0.3, 0.4) is 0 Å². The molecule has 3 atom stereocenters. The van der Waals surface area contributed by atoms with Crippen LogP contribution in [0.4, 0.5) is 0 Å². The van der Waals surface area contributed by atoms with Crippen LogP contribution in [-0.2, 0) is 9.53 Å². The highest BCUT2D eigenvalue weighted by Gasteiger charge is 2.36. The third kappa shape index (κ3) is 4.14. The number of ether oxygens (including phenoxy) is 1. The quantitative estimate of drug-likeness (QED) is 0.843. The zero-order valence-electron chi connectivity index (χ0n) is 13.1. The Morgan fingerprint density at radius 2 is 2.00 bits per heavy atom. The number of thioether (sulfide) groups is 1. The Labute approximate surface area is 132 Å². The van der Waals surface area contributed by atoms with Crippen LogP contribution >= 0.6 is 11.8 Å². The van der Waals surface area contributed by atoms with E-state index in [1.165, 1.54) is 25.7 Å². The molecule has 0 aromatic carbocycles. The average molecular weight is 312 g/mol. The number of hydrogen-bond acceptors (Lipinski definition) is 4. The molecule has 4 nitrogen and oxygen atoms in total. The number of hydrogen-bond donors (Lipinski definition) is 1. The van der Waals surface area contributed by atoms with Crippen molar-refractivity contribution in [3.8, 4) is 0 Å². The van der Waals surface area contributed by atoms with Crippen molar-refractivity contribution in [2.45, 2.75) is 69.2 Å². The lowest BCUT2D eigenvalue weighted by Gasteiger charge is -2.35. The van der Waals surface area contributed by atoms with Gasteiger partial charge in [-0.2, -0.15) is 0 Å². The Hall–Kier alpha value is -0.260. The Morgan fingerprint density at radius 1 is 1.24 bits per heavy atom. The second-order valence-electron chi connectivity index (χ2n) is 6.77. The maximum Gasteiger partial charge on any atom is 0.232 e. The van der Waals surface area contributed by atoms with Gasteiger partial charge in [-0.3, -0.25) is 4.79 Å². The van der Waals surface area contributed by atoms with Crippen LogP contribution in [0, 0.1) is 0 Å². The largest absolute Gasteiger partial charge is 0.377 e. The predicted molar refractivity (Wildman–Crippen MR) is 86.7 cm³/mol. The van der Waals surface area contributed by atoms with E-state index < -0.39 is 0 Å². The van der Waals surface area contributed by atoms with Crippen LogP contribution < -0.4 is 5.32 Å². The van der Waals surface area contributed by atoms with Gasteiger partial charge in [-0.25, -0.2) is 0 Å². The molecular formula is C16H28N2O2S. The minimum atomic E-state index is 0.294. The first kappa shape index (κ1) is 15.6. The van der Waals surface area contributed by atoms with Crippen molar-refractivity contribution in [1.29, 1.82) is 0 Å². The molecule has 1 amide bonds. The molecule has 0 aliphatic carbocycles. The molecule has 120 valence electrons. The molecule has 0 spiro atoms. The first-order chi connectivity index (χ1) is 10.2. The topological polar surface area (TPSA) is 41.6 Å². The monoisotopic (exact) mass is 312 g/mol. The molecule has 3 aliphatic rings. The number of fused-ring (bicyclic) bond motifs is 2. The van der Waals surface area contributed by atoms with Crippen molar-refractivity contribution >= 4 is 17.7 Å². The summed E-state index contributed by atoms with van der Waals surface area (Å²) in [5, 5.41) is 3.64. The molecule has 21 heavy (non-hydrogen) atoms. The standard InChI is InChI=1S/C16H28N2O2S/c1-18(14-8-12-5-6-13(9-14)17-12)16(19)11-21-10-15-4-2-3-7-20-15/h12-15,17H,2-11H2,1H3. The molecule has 3 rings (SSSR count). The van der Waals surface area contributed by atoms with E-state index in [1.54, 1.807) is 11.8 Å². The number of carbonyl (C=O) groups is 1. The Balaban J connectivity index is 1.38. The van der Waals surface area contributed by atoms with Crippen molar-refractivity contribution < 1.29 is 9.53 Å². The summed E-state index contributed by atoms with van der Waals surface area (Å²) in [6.07, 6.45) is 8.85. The number of amides is 1. The Bertz CT molecular complexity index is 348. The van der Waals surface area contributed by atoms with E-state index in [0.717, 1.165) is 31.6 Å². The molecule has 3 heterocycles. The van der Waals surface area contributed by atoms with E-state index in [1.807, 2.05) is 11.9 Å². The zero-order chi connectivity index (χ0) is 14.7. The molecule has 3 saturated heterocycles. The van der Waals surface area contributed by atoms with E-state index in [4.69, 9.17) is 4.74 Å². The lowest BCUT2D eigenvalue weighted by atomic mass is 9.98. The maximum absolute atomic E-state index is 12.4. The van der Waals surface area contributed by atoms with E-state index in [2.05, 4.69) is 5.32 Å². The van der Waals surface area contributed by atoms with Crippen molar-refractivity contribution in [3.63, 3.8) is 0 Å². The summed E-state index contributed by atoms with van der Waals surface area (Å²) in [7, 11) is 2.00. The lowest BCUT2D eigenvalue weighted by molar-refractivity contribution is -0.129. The molecule has 5 heteroatoms. The molecule has 0 saturated carbocycles. The van der Waals surface area contributed by atoms with Crippen LogP contribution in [0.1, 0.15) is 44.9 Å². The molecule has 1 N–H and O–H groups in total. The number of nitrogens with zero attached hydrogens (tertiary/aromatic N) is 1. The van der Waals surface area contributed by atoms with Crippen LogP contribution in [0.25, 0.3) is 0 Å². The van der Waals surface area contributed by atoms with Crippen molar-refractivity contribution in [2.75, 3.05) is 25.2 Å². The van der Waals surface area contributed by atoms with Crippen molar-refractivity contribution in [3.05, 3.63) is 0 Å². The minimum Gasteiger partial charge on any atom is -0.377 e. The van der Waals surface area contributed by atoms with E-state index >= 15 is 0 Å². The van der Waals surface area contributed by atoms with E-state index in [-0.39, 0.29) is 0 Å². The molecule has 2 bridgehead atoms. The highest BCUT2D eigenvalue weighted by Crippen LogP contribution is 2.29. The smallest absolute Gasteiger partial charge is 0.232 e. The van der Waals surface area contributed by atoms with Gasteiger partial charge in [0.15, 0.2) is 0 Å². The van der Waals surface area contributed by atoms with Gasteiger partial charge >= 0.3 is 0 Å². The minimum absolute atomic E-state index is 0.294. The molecule has 3 unspecified atom stereocenters. The molecule has 0 aromatic rings. The highest BCUT2D eigenvalue weighted by molar-refractivity contribution is 7.99. The average Bonchev–Trinajstić information content (AvgIpc) is 2.85. The second kappa shape index (κ2) is 7.34. The second-order valence-corrected chi connectivity index (χ2v) is 7.80. The van der Waals surface area contributed by atoms with Gasteiger partial charge in [0.05, 0.1) is 11.9 Å². The van der Waals surface area contributed by atoms with Gasteiger partial charge in [0.2, 0.25) is 5.91 Å². The molecule has 0 aromatic heterocycles. The van der Waals surface area contributed by atoms with Gasteiger partial charge in [0.25, 0.3) is 0 Å². The number of piperidine rings is 1. The van der Waals surface area contributed by atoms with Crippen LogP contribution in [-0.4, -0.2) is 60.2 Å². The van der Waals surface area contributed by atoms with Gasteiger partial charge in [-0.15, -0.1) is 11.8 Å². The van der Waals surface area contributed by atoms with Gasteiger partial charge in [0, 0.05) is 37.5 Å². The third-order valence-electron chi connectivity index (χ3n) is 5.19. The predicted octanol–water partition coefficient (Wildman–Crippen LogP) is 2.03. The lowest BCUT2D eigenvalue weighted by Crippen LogP contribution is -2.49.